The molecule has 0 spiro atoms. The molecule has 0 amide bonds. The minimum Gasteiger partial charge on any atom is -0.339 e. The van der Waals surface area contributed by atoms with Gasteiger partial charge in [0.1, 0.15) is 0 Å². The van der Waals surface area contributed by atoms with Crippen molar-refractivity contribution in [3.8, 4) is 11.4 Å². The largest absolute Gasteiger partial charge is 0.339 e. The third-order valence-electron chi connectivity index (χ3n) is 3.79. The molecule has 3 N–H and O–H groups in total. The van der Waals surface area contributed by atoms with Crippen molar-refractivity contribution in [2.45, 2.75) is 19.8 Å². The highest BCUT2D eigenvalue weighted by Crippen LogP contribution is 2.22. The Labute approximate surface area is 118 Å². The topological polar surface area (TPSA) is 83.7 Å². The summed E-state index contributed by atoms with van der Waals surface area (Å²) in [7, 11) is 0. The molecule has 0 aromatic carbocycles. The third kappa shape index (κ3) is 2.65. The molecular weight excluding hydrogens is 252 g/mol. The van der Waals surface area contributed by atoms with Crippen molar-refractivity contribution in [2.24, 2.45) is 11.7 Å². The van der Waals surface area contributed by atoms with Crippen LogP contribution < -0.4 is 10.6 Å². The molecule has 6 heteroatoms. The van der Waals surface area contributed by atoms with Gasteiger partial charge < -0.3 is 10.6 Å². The normalized spacial score (nSPS) is 19.3. The van der Waals surface area contributed by atoms with Gasteiger partial charge in [0.25, 0.3) is 0 Å². The van der Waals surface area contributed by atoms with E-state index in [-0.39, 0.29) is 0 Å². The summed E-state index contributed by atoms with van der Waals surface area (Å²) in [6.45, 7) is 4.64. The Morgan fingerprint density at radius 1 is 1.45 bits per heavy atom. The Kier molecular flexibility index (Phi) is 3.64. The predicted molar refractivity (Wildman–Crippen MR) is 78.3 cm³/mol. The van der Waals surface area contributed by atoms with Crippen LogP contribution in [0.5, 0.6) is 0 Å². The van der Waals surface area contributed by atoms with E-state index in [4.69, 9.17) is 5.73 Å². The quantitative estimate of drug-likeness (QED) is 0.881. The lowest BCUT2D eigenvalue weighted by atomic mass is 9.99. The van der Waals surface area contributed by atoms with Gasteiger partial charge in [-0.05, 0) is 44.4 Å². The number of piperidine rings is 1. The van der Waals surface area contributed by atoms with Gasteiger partial charge in [-0.25, -0.2) is 0 Å². The number of hydrogen-bond donors (Lipinski definition) is 2. The van der Waals surface area contributed by atoms with Crippen LogP contribution in [0.2, 0.25) is 0 Å². The summed E-state index contributed by atoms with van der Waals surface area (Å²) in [5.74, 6) is 2.08. The summed E-state index contributed by atoms with van der Waals surface area (Å²) in [4.78, 5) is 11.1. The number of H-pyrrole nitrogens is 1. The first-order chi connectivity index (χ1) is 9.76. The first-order valence-corrected chi connectivity index (χ1v) is 7.06. The van der Waals surface area contributed by atoms with Crippen LogP contribution in [0.15, 0.2) is 18.3 Å². The van der Waals surface area contributed by atoms with Crippen LogP contribution in [0.25, 0.3) is 11.4 Å². The molecule has 3 rings (SSSR count). The molecule has 0 saturated carbocycles. The molecule has 1 saturated heterocycles. The summed E-state index contributed by atoms with van der Waals surface area (Å²) >= 11 is 0. The summed E-state index contributed by atoms with van der Waals surface area (Å²) < 4.78 is 0. The maximum atomic E-state index is 5.77. The molecular formula is C14H20N6. The van der Waals surface area contributed by atoms with Crippen LogP contribution in [-0.2, 0) is 0 Å². The Hall–Kier alpha value is -1.95. The highest BCUT2D eigenvalue weighted by atomic mass is 15.4. The van der Waals surface area contributed by atoms with Gasteiger partial charge in [-0.1, -0.05) is 0 Å². The van der Waals surface area contributed by atoms with E-state index in [0.29, 0.717) is 5.92 Å². The van der Waals surface area contributed by atoms with Crippen molar-refractivity contribution in [2.75, 3.05) is 24.5 Å². The van der Waals surface area contributed by atoms with E-state index in [2.05, 4.69) is 25.1 Å². The number of hydrogen-bond acceptors (Lipinski definition) is 5. The third-order valence-corrected chi connectivity index (χ3v) is 3.79. The van der Waals surface area contributed by atoms with Gasteiger partial charge in [-0.15, -0.1) is 5.10 Å². The molecule has 20 heavy (non-hydrogen) atoms. The number of aromatic nitrogens is 4. The van der Waals surface area contributed by atoms with Crippen LogP contribution in [0.3, 0.4) is 0 Å². The molecule has 1 aliphatic rings. The lowest BCUT2D eigenvalue weighted by molar-refractivity contribution is 0.420. The van der Waals surface area contributed by atoms with Crippen LogP contribution in [0.4, 0.5) is 5.95 Å². The van der Waals surface area contributed by atoms with Gasteiger partial charge in [0.05, 0.1) is 0 Å². The first kappa shape index (κ1) is 13.1. The molecule has 1 fully saturated rings. The van der Waals surface area contributed by atoms with Crippen molar-refractivity contribution >= 4 is 5.95 Å². The lowest BCUT2D eigenvalue weighted by Gasteiger charge is -2.31. The highest BCUT2D eigenvalue weighted by Gasteiger charge is 2.21. The number of nitrogens with zero attached hydrogens (tertiary/aromatic N) is 4. The van der Waals surface area contributed by atoms with E-state index >= 15 is 0 Å². The number of nitrogens with two attached hydrogens (primary N) is 1. The number of aromatic amines is 1. The van der Waals surface area contributed by atoms with Crippen molar-refractivity contribution in [3.05, 3.63) is 24.0 Å². The Balaban J connectivity index is 1.78. The Morgan fingerprint density at radius 2 is 2.35 bits per heavy atom. The van der Waals surface area contributed by atoms with Gasteiger partial charge in [-0.3, -0.25) is 10.1 Å². The lowest BCUT2D eigenvalue weighted by Crippen LogP contribution is -2.38. The number of rotatable bonds is 3. The smallest absolute Gasteiger partial charge is 0.245 e. The second-order valence-corrected chi connectivity index (χ2v) is 5.36. The highest BCUT2D eigenvalue weighted by molar-refractivity contribution is 5.55. The van der Waals surface area contributed by atoms with Crippen molar-refractivity contribution in [1.29, 1.82) is 0 Å². The SMILES string of the molecule is Cc1ccc(-c2nc(N3CCCC(CN)C3)n[nH]2)cn1. The molecule has 106 valence electrons. The van der Waals surface area contributed by atoms with Crippen molar-refractivity contribution in [1.82, 2.24) is 20.2 Å². The summed E-state index contributed by atoms with van der Waals surface area (Å²) in [5, 5.41) is 7.33. The van der Waals surface area contributed by atoms with E-state index in [9.17, 15) is 0 Å². The van der Waals surface area contributed by atoms with E-state index < -0.39 is 0 Å². The van der Waals surface area contributed by atoms with E-state index in [0.717, 1.165) is 49.1 Å². The molecule has 0 radical (unpaired) electrons. The number of aryl methyl sites for hydroxylation is 1. The molecule has 6 nitrogen and oxygen atoms in total. The second kappa shape index (κ2) is 5.58. The zero-order valence-electron chi connectivity index (χ0n) is 11.7. The van der Waals surface area contributed by atoms with Crippen LogP contribution in [-0.4, -0.2) is 39.8 Å². The van der Waals surface area contributed by atoms with E-state index in [1.807, 2.05) is 25.3 Å². The van der Waals surface area contributed by atoms with Crippen LogP contribution in [0.1, 0.15) is 18.5 Å². The van der Waals surface area contributed by atoms with Crippen molar-refractivity contribution in [3.63, 3.8) is 0 Å². The van der Waals surface area contributed by atoms with E-state index in [1.165, 1.54) is 6.42 Å². The zero-order chi connectivity index (χ0) is 13.9. The Morgan fingerprint density at radius 3 is 3.10 bits per heavy atom. The standard InChI is InChI=1S/C14H20N6/c1-10-4-5-12(8-16-10)13-17-14(19-18-13)20-6-2-3-11(7-15)9-20/h4-5,8,11H,2-3,6-7,9,15H2,1H3,(H,17,18,19). The van der Waals surface area contributed by atoms with Gasteiger partial charge in [0.15, 0.2) is 5.82 Å². The van der Waals surface area contributed by atoms with Gasteiger partial charge in [-0.2, -0.15) is 4.98 Å². The van der Waals surface area contributed by atoms with Gasteiger partial charge in [0.2, 0.25) is 5.95 Å². The average Bonchev–Trinajstić information content (AvgIpc) is 2.98. The molecule has 1 atom stereocenters. The maximum absolute atomic E-state index is 5.77. The van der Waals surface area contributed by atoms with Crippen molar-refractivity contribution < 1.29 is 0 Å². The average molecular weight is 272 g/mol. The maximum Gasteiger partial charge on any atom is 0.245 e. The Bertz CT molecular complexity index is 561. The monoisotopic (exact) mass is 272 g/mol. The molecule has 2 aromatic rings. The second-order valence-electron chi connectivity index (χ2n) is 5.36. The number of pyridine rings is 1. The first-order valence-electron chi connectivity index (χ1n) is 7.06. The van der Waals surface area contributed by atoms with Gasteiger partial charge in [0, 0.05) is 30.5 Å². The number of anilines is 1. The molecule has 1 aliphatic heterocycles. The van der Waals surface area contributed by atoms with Crippen LogP contribution in [0, 0.1) is 12.8 Å². The molecule has 2 aromatic heterocycles. The number of nitrogens with one attached hydrogen (secondary N) is 1. The summed E-state index contributed by atoms with van der Waals surface area (Å²) in [6, 6.07) is 3.98. The molecule has 0 bridgehead atoms. The van der Waals surface area contributed by atoms with Crippen LogP contribution >= 0.6 is 0 Å². The summed E-state index contributed by atoms with van der Waals surface area (Å²) in [5.41, 5.74) is 7.73. The molecule has 0 aliphatic carbocycles. The fourth-order valence-corrected chi connectivity index (χ4v) is 2.57. The minimum atomic E-state index is 0.548. The zero-order valence-corrected chi connectivity index (χ0v) is 11.7. The summed E-state index contributed by atoms with van der Waals surface area (Å²) in [6.07, 6.45) is 4.17. The minimum absolute atomic E-state index is 0.548. The van der Waals surface area contributed by atoms with E-state index in [1.54, 1.807) is 0 Å². The predicted octanol–water partition coefficient (Wildman–Crippen LogP) is 1.35. The molecule has 3 heterocycles. The fraction of sp³-hybridized carbons (Fsp3) is 0.500. The van der Waals surface area contributed by atoms with Gasteiger partial charge >= 0.3 is 0 Å². The fourth-order valence-electron chi connectivity index (χ4n) is 2.57. The molecule has 1 unspecified atom stereocenters.